The van der Waals surface area contributed by atoms with Crippen molar-refractivity contribution < 1.29 is 9.90 Å². The van der Waals surface area contributed by atoms with Gasteiger partial charge in [0, 0.05) is 5.56 Å². The Bertz CT molecular complexity index is 432. The van der Waals surface area contributed by atoms with Crippen molar-refractivity contribution in [1.82, 2.24) is 5.32 Å². The lowest BCUT2D eigenvalue weighted by Crippen LogP contribution is -2.41. The summed E-state index contributed by atoms with van der Waals surface area (Å²) in [5, 5.41) is 11.9. The molecule has 0 aliphatic carbocycles. The van der Waals surface area contributed by atoms with Crippen LogP contribution in [0.5, 0.6) is 5.75 Å². The number of benzene rings is 1. The molecule has 86 valence electrons. The predicted molar refractivity (Wildman–Crippen MR) is 66.6 cm³/mol. The number of thiocarbonyl (C=S) groups is 1. The van der Waals surface area contributed by atoms with E-state index in [1.54, 1.807) is 19.9 Å². The van der Waals surface area contributed by atoms with E-state index in [2.05, 4.69) is 5.32 Å². The predicted octanol–water partition coefficient (Wildman–Crippen LogP) is 1.11. The summed E-state index contributed by atoms with van der Waals surface area (Å²) >= 11 is 4.76. The standard InChI is InChI=1S/C11H14N2O2S/c1-6-5-8(14)3-4-9(6)11(15)13-7(2)10(12)16/h3-5,7,14H,1-2H3,(H2,12,16)(H,13,15). The van der Waals surface area contributed by atoms with Gasteiger partial charge in [-0.1, -0.05) is 12.2 Å². The molecule has 1 unspecified atom stereocenters. The normalized spacial score (nSPS) is 11.9. The first-order valence-corrected chi connectivity index (χ1v) is 5.22. The van der Waals surface area contributed by atoms with Gasteiger partial charge in [-0.15, -0.1) is 0 Å². The van der Waals surface area contributed by atoms with Crippen molar-refractivity contribution in [2.75, 3.05) is 0 Å². The van der Waals surface area contributed by atoms with Crippen LogP contribution in [0.15, 0.2) is 18.2 Å². The summed E-state index contributed by atoms with van der Waals surface area (Å²) < 4.78 is 0. The van der Waals surface area contributed by atoms with Crippen LogP contribution >= 0.6 is 12.2 Å². The maximum absolute atomic E-state index is 11.8. The van der Waals surface area contributed by atoms with Crippen molar-refractivity contribution in [2.45, 2.75) is 19.9 Å². The Morgan fingerprint density at radius 3 is 2.69 bits per heavy atom. The molecule has 1 aromatic carbocycles. The fourth-order valence-electron chi connectivity index (χ4n) is 1.25. The molecular weight excluding hydrogens is 224 g/mol. The van der Waals surface area contributed by atoms with Gasteiger partial charge in [0.2, 0.25) is 0 Å². The van der Waals surface area contributed by atoms with Gasteiger partial charge < -0.3 is 16.2 Å². The number of aryl methyl sites for hydroxylation is 1. The number of hydrogen-bond acceptors (Lipinski definition) is 3. The minimum Gasteiger partial charge on any atom is -0.508 e. The molecule has 0 fully saturated rings. The number of carbonyl (C=O) groups is 1. The molecule has 0 saturated heterocycles. The van der Waals surface area contributed by atoms with Crippen LogP contribution in [-0.2, 0) is 0 Å². The Balaban J connectivity index is 2.85. The van der Waals surface area contributed by atoms with Crippen LogP contribution < -0.4 is 11.1 Å². The molecule has 1 rings (SSSR count). The molecule has 1 atom stereocenters. The molecule has 1 aromatic rings. The van der Waals surface area contributed by atoms with Crippen molar-refractivity contribution in [2.24, 2.45) is 5.73 Å². The smallest absolute Gasteiger partial charge is 0.252 e. The van der Waals surface area contributed by atoms with Gasteiger partial charge in [-0.05, 0) is 37.6 Å². The minimum absolute atomic E-state index is 0.136. The topological polar surface area (TPSA) is 75.3 Å². The zero-order valence-corrected chi connectivity index (χ0v) is 9.97. The largest absolute Gasteiger partial charge is 0.508 e. The van der Waals surface area contributed by atoms with Gasteiger partial charge in [0.05, 0.1) is 11.0 Å². The van der Waals surface area contributed by atoms with E-state index in [0.717, 1.165) is 0 Å². The monoisotopic (exact) mass is 238 g/mol. The first-order valence-electron chi connectivity index (χ1n) is 4.81. The first-order chi connectivity index (χ1) is 7.41. The van der Waals surface area contributed by atoms with Crippen molar-refractivity contribution in [3.8, 4) is 5.75 Å². The maximum atomic E-state index is 11.8. The van der Waals surface area contributed by atoms with Gasteiger partial charge in [-0.3, -0.25) is 4.79 Å². The quantitative estimate of drug-likeness (QED) is 0.689. The van der Waals surface area contributed by atoms with Crippen molar-refractivity contribution in [3.05, 3.63) is 29.3 Å². The summed E-state index contributed by atoms with van der Waals surface area (Å²) in [5.74, 6) is -0.116. The lowest BCUT2D eigenvalue weighted by atomic mass is 10.1. The lowest BCUT2D eigenvalue weighted by molar-refractivity contribution is 0.0948. The van der Waals surface area contributed by atoms with E-state index in [1.807, 2.05) is 0 Å². The fraction of sp³-hybridized carbons (Fsp3) is 0.273. The second kappa shape index (κ2) is 4.94. The summed E-state index contributed by atoms with van der Waals surface area (Å²) in [5.41, 5.74) is 6.60. The minimum atomic E-state index is -0.351. The number of amides is 1. The molecule has 4 N–H and O–H groups in total. The molecule has 0 aliphatic heterocycles. The van der Waals surface area contributed by atoms with Gasteiger partial charge >= 0.3 is 0 Å². The van der Waals surface area contributed by atoms with Gasteiger partial charge in [-0.25, -0.2) is 0 Å². The van der Waals surface area contributed by atoms with Crippen molar-refractivity contribution >= 4 is 23.1 Å². The average Bonchev–Trinajstić information content (AvgIpc) is 2.16. The highest BCUT2D eigenvalue weighted by molar-refractivity contribution is 7.80. The summed E-state index contributed by atoms with van der Waals surface area (Å²) in [6, 6.07) is 4.20. The average molecular weight is 238 g/mol. The Morgan fingerprint density at radius 1 is 1.56 bits per heavy atom. The highest BCUT2D eigenvalue weighted by atomic mass is 32.1. The van der Waals surface area contributed by atoms with Crippen LogP contribution in [0.4, 0.5) is 0 Å². The van der Waals surface area contributed by atoms with Gasteiger partial charge in [0.1, 0.15) is 5.75 Å². The number of phenolic OH excluding ortho intramolecular Hbond substituents is 1. The highest BCUT2D eigenvalue weighted by Crippen LogP contribution is 2.15. The third kappa shape index (κ3) is 2.93. The van der Waals surface area contributed by atoms with E-state index >= 15 is 0 Å². The molecule has 4 nitrogen and oxygen atoms in total. The van der Waals surface area contributed by atoms with E-state index in [4.69, 9.17) is 18.0 Å². The van der Waals surface area contributed by atoms with Crippen LogP contribution in [0.2, 0.25) is 0 Å². The van der Waals surface area contributed by atoms with E-state index in [9.17, 15) is 9.90 Å². The molecule has 0 heterocycles. The number of carbonyl (C=O) groups excluding carboxylic acids is 1. The lowest BCUT2D eigenvalue weighted by Gasteiger charge is -2.13. The van der Waals surface area contributed by atoms with E-state index < -0.39 is 0 Å². The molecule has 16 heavy (non-hydrogen) atoms. The zero-order chi connectivity index (χ0) is 12.3. The van der Waals surface area contributed by atoms with Crippen LogP contribution in [0, 0.1) is 6.92 Å². The number of aromatic hydroxyl groups is 1. The maximum Gasteiger partial charge on any atom is 0.252 e. The Hall–Kier alpha value is -1.62. The molecule has 0 radical (unpaired) electrons. The number of nitrogens with one attached hydrogen (secondary N) is 1. The zero-order valence-electron chi connectivity index (χ0n) is 9.15. The summed E-state index contributed by atoms with van der Waals surface area (Å²) in [6.07, 6.45) is 0. The van der Waals surface area contributed by atoms with Crippen LogP contribution in [0.3, 0.4) is 0 Å². The van der Waals surface area contributed by atoms with Crippen LogP contribution in [0.1, 0.15) is 22.8 Å². The summed E-state index contributed by atoms with van der Waals surface area (Å²) in [4.78, 5) is 12.0. The molecule has 0 bridgehead atoms. The van der Waals surface area contributed by atoms with Gasteiger partial charge in [0.15, 0.2) is 0 Å². The number of hydrogen-bond donors (Lipinski definition) is 3. The third-order valence-electron chi connectivity index (χ3n) is 2.23. The van der Waals surface area contributed by atoms with E-state index in [1.165, 1.54) is 12.1 Å². The fourth-order valence-corrected chi connectivity index (χ4v) is 1.31. The van der Waals surface area contributed by atoms with Crippen molar-refractivity contribution in [1.29, 1.82) is 0 Å². The molecule has 0 spiro atoms. The van der Waals surface area contributed by atoms with Crippen LogP contribution in [-0.4, -0.2) is 22.0 Å². The van der Waals surface area contributed by atoms with Gasteiger partial charge in [0.25, 0.3) is 5.91 Å². The van der Waals surface area contributed by atoms with Gasteiger partial charge in [-0.2, -0.15) is 0 Å². The summed E-state index contributed by atoms with van der Waals surface area (Å²) in [7, 11) is 0. The highest BCUT2D eigenvalue weighted by Gasteiger charge is 2.13. The molecule has 0 aliphatic rings. The van der Waals surface area contributed by atoms with E-state index in [-0.39, 0.29) is 22.7 Å². The molecule has 0 saturated carbocycles. The summed E-state index contributed by atoms with van der Waals surface area (Å²) in [6.45, 7) is 3.47. The third-order valence-corrected chi connectivity index (χ3v) is 2.58. The molecule has 5 heteroatoms. The van der Waals surface area contributed by atoms with Crippen molar-refractivity contribution in [3.63, 3.8) is 0 Å². The second-order valence-corrected chi connectivity index (χ2v) is 4.07. The molecule has 1 amide bonds. The van der Waals surface area contributed by atoms with E-state index in [0.29, 0.717) is 11.1 Å². The van der Waals surface area contributed by atoms with Crippen LogP contribution in [0.25, 0.3) is 0 Å². The first kappa shape index (κ1) is 12.4. The SMILES string of the molecule is Cc1cc(O)ccc1C(=O)NC(C)C(N)=S. The second-order valence-electron chi connectivity index (χ2n) is 3.60. The Morgan fingerprint density at radius 2 is 2.19 bits per heavy atom. The Labute approximate surface area is 99.5 Å². The number of nitrogens with two attached hydrogens (primary N) is 1. The number of phenols is 1. The Kier molecular flexibility index (Phi) is 3.84. The molecule has 0 aromatic heterocycles. The number of rotatable bonds is 3. The molecular formula is C11H14N2O2S.